The number of amides is 1. The van der Waals surface area contributed by atoms with E-state index < -0.39 is 5.41 Å². The quantitative estimate of drug-likeness (QED) is 0.655. The normalized spacial score (nSPS) is 22.1. The highest BCUT2D eigenvalue weighted by Crippen LogP contribution is 2.35. The second kappa shape index (κ2) is 5.78. The molecule has 1 saturated heterocycles. The molecule has 1 aliphatic heterocycles. The number of rotatable bonds is 3. The minimum atomic E-state index is -0.802. The Morgan fingerprint density at radius 1 is 1.65 bits per heavy atom. The topological polar surface area (TPSA) is 75.3 Å². The van der Waals surface area contributed by atoms with Crippen LogP contribution in [0.3, 0.4) is 0 Å². The number of nitrogens with zero attached hydrogens (tertiary/aromatic N) is 2. The number of esters is 1. The largest absolute Gasteiger partial charge is 0.469 e. The lowest BCUT2D eigenvalue weighted by atomic mass is 9.77. The van der Waals surface area contributed by atoms with Crippen LogP contribution in [-0.4, -0.2) is 46.9 Å². The van der Waals surface area contributed by atoms with Gasteiger partial charge in [0.05, 0.1) is 12.5 Å². The number of imidazole rings is 1. The molecule has 6 nitrogen and oxygen atoms in total. The van der Waals surface area contributed by atoms with Gasteiger partial charge in [-0.25, -0.2) is 4.98 Å². The first-order valence-corrected chi connectivity index (χ1v) is 6.43. The van der Waals surface area contributed by atoms with Crippen molar-refractivity contribution in [2.75, 3.05) is 20.2 Å². The van der Waals surface area contributed by atoms with Crippen molar-refractivity contribution in [3.05, 3.63) is 18.2 Å². The van der Waals surface area contributed by atoms with Crippen LogP contribution < -0.4 is 0 Å². The van der Waals surface area contributed by atoms with E-state index in [9.17, 15) is 9.59 Å². The van der Waals surface area contributed by atoms with Crippen molar-refractivity contribution in [1.82, 2.24) is 14.9 Å². The summed E-state index contributed by atoms with van der Waals surface area (Å²) in [6, 6.07) is 0. The zero-order valence-electron chi connectivity index (χ0n) is 11.4. The fraction of sp³-hybridized carbons (Fsp3) is 0.500. The van der Waals surface area contributed by atoms with Crippen LogP contribution in [0.4, 0.5) is 0 Å². The standard InChI is InChI=1S/C14H17N3O3/c1-3-5-14(13(19)20-2)6-4-9-17(10-14)12(18)11-15-7-8-16-11/h1,7-8H,4-6,9-10H2,2H3,(H,15,16). The molecule has 1 atom stereocenters. The summed E-state index contributed by atoms with van der Waals surface area (Å²) in [6.07, 6.45) is 10.1. The number of nitrogens with one attached hydrogen (secondary N) is 1. The molecule has 1 amide bonds. The molecule has 0 bridgehead atoms. The molecule has 6 heteroatoms. The highest BCUT2D eigenvalue weighted by molar-refractivity contribution is 5.91. The van der Waals surface area contributed by atoms with Crippen molar-refractivity contribution in [3.8, 4) is 12.3 Å². The third-order valence-corrected chi connectivity index (χ3v) is 3.62. The van der Waals surface area contributed by atoms with Crippen LogP contribution in [0, 0.1) is 17.8 Å². The smallest absolute Gasteiger partial charge is 0.314 e. The van der Waals surface area contributed by atoms with Crippen LogP contribution in [0.5, 0.6) is 0 Å². The number of aromatic amines is 1. The molecule has 0 radical (unpaired) electrons. The van der Waals surface area contributed by atoms with Crippen LogP contribution >= 0.6 is 0 Å². The van der Waals surface area contributed by atoms with Crippen molar-refractivity contribution in [1.29, 1.82) is 0 Å². The van der Waals surface area contributed by atoms with Gasteiger partial charge in [0.2, 0.25) is 0 Å². The maximum absolute atomic E-state index is 12.3. The lowest BCUT2D eigenvalue weighted by Crippen LogP contribution is -2.50. The zero-order chi connectivity index (χ0) is 14.6. The Bertz CT molecular complexity index is 532. The van der Waals surface area contributed by atoms with Crippen molar-refractivity contribution in [2.24, 2.45) is 5.41 Å². The summed E-state index contributed by atoms with van der Waals surface area (Å²) in [5, 5.41) is 0. The van der Waals surface area contributed by atoms with Crippen LogP contribution in [0.15, 0.2) is 12.4 Å². The van der Waals surface area contributed by atoms with Crippen LogP contribution in [-0.2, 0) is 9.53 Å². The summed E-state index contributed by atoms with van der Waals surface area (Å²) in [4.78, 5) is 32.7. The van der Waals surface area contributed by atoms with E-state index >= 15 is 0 Å². The molecule has 0 aliphatic carbocycles. The number of ether oxygens (including phenoxy) is 1. The second-order valence-corrected chi connectivity index (χ2v) is 4.92. The average molecular weight is 275 g/mol. The Labute approximate surface area is 117 Å². The Morgan fingerprint density at radius 3 is 3.05 bits per heavy atom. The number of hydrogen-bond donors (Lipinski definition) is 1. The number of H-pyrrole nitrogens is 1. The molecule has 1 N–H and O–H groups in total. The molecule has 0 saturated carbocycles. The van der Waals surface area contributed by atoms with Crippen LogP contribution in [0.1, 0.15) is 29.9 Å². The molecule has 1 aliphatic rings. The van der Waals surface area contributed by atoms with Crippen molar-refractivity contribution < 1.29 is 14.3 Å². The van der Waals surface area contributed by atoms with E-state index in [1.807, 2.05) is 0 Å². The summed E-state index contributed by atoms with van der Waals surface area (Å²) in [5.41, 5.74) is -0.802. The fourth-order valence-electron chi connectivity index (χ4n) is 2.63. The summed E-state index contributed by atoms with van der Waals surface area (Å²) in [7, 11) is 1.34. The van der Waals surface area contributed by atoms with Gasteiger partial charge in [0.15, 0.2) is 5.82 Å². The molecule has 20 heavy (non-hydrogen) atoms. The molecular formula is C14H17N3O3. The van der Waals surface area contributed by atoms with Crippen molar-refractivity contribution in [2.45, 2.75) is 19.3 Å². The van der Waals surface area contributed by atoms with E-state index in [0.717, 1.165) is 0 Å². The number of methoxy groups -OCH3 is 1. The summed E-state index contributed by atoms with van der Waals surface area (Å²) in [5.74, 6) is 2.22. The SMILES string of the molecule is C#CCC1(C(=O)OC)CCCN(C(=O)c2ncc[nH]2)C1. The van der Waals surface area contributed by atoms with Crippen LogP contribution in [0.2, 0.25) is 0 Å². The predicted molar refractivity (Wildman–Crippen MR) is 71.6 cm³/mol. The minimum Gasteiger partial charge on any atom is -0.469 e. The number of likely N-dealkylation sites (tertiary alicyclic amines) is 1. The van der Waals surface area contributed by atoms with Gasteiger partial charge in [-0.05, 0) is 12.8 Å². The Morgan fingerprint density at radius 2 is 2.45 bits per heavy atom. The van der Waals surface area contributed by atoms with Gasteiger partial charge in [-0.1, -0.05) is 0 Å². The number of carbonyl (C=O) groups excluding carboxylic acids is 2. The molecule has 1 aromatic rings. The van der Waals surface area contributed by atoms with Crippen LogP contribution in [0.25, 0.3) is 0 Å². The highest BCUT2D eigenvalue weighted by Gasteiger charge is 2.44. The Balaban J connectivity index is 2.20. The Kier molecular flexibility index (Phi) is 4.08. The van der Waals surface area contributed by atoms with Gasteiger partial charge in [-0.2, -0.15) is 0 Å². The molecule has 106 valence electrons. The van der Waals surface area contributed by atoms with Crippen molar-refractivity contribution in [3.63, 3.8) is 0 Å². The summed E-state index contributed by atoms with van der Waals surface area (Å²) in [6.45, 7) is 0.853. The predicted octanol–water partition coefficient (Wildman–Crippen LogP) is 0.828. The van der Waals surface area contributed by atoms with Crippen molar-refractivity contribution >= 4 is 11.9 Å². The van der Waals surface area contributed by atoms with Gasteiger partial charge >= 0.3 is 5.97 Å². The lowest BCUT2D eigenvalue weighted by Gasteiger charge is -2.39. The van der Waals surface area contributed by atoms with Gasteiger partial charge < -0.3 is 14.6 Å². The molecule has 1 fully saturated rings. The number of piperidine rings is 1. The molecule has 0 aromatic carbocycles. The number of carbonyl (C=O) groups is 2. The monoisotopic (exact) mass is 275 g/mol. The van der Waals surface area contributed by atoms with E-state index in [1.54, 1.807) is 11.1 Å². The van der Waals surface area contributed by atoms with Gasteiger partial charge in [-0.3, -0.25) is 9.59 Å². The van der Waals surface area contributed by atoms with E-state index in [2.05, 4.69) is 15.9 Å². The first kappa shape index (κ1) is 14.1. The maximum atomic E-state index is 12.3. The lowest BCUT2D eigenvalue weighted by molar-refractivity contribution is -0.155. The average Bonchev–Trinajstić information content (AvgIpc) is 3.00. The molecular weight excluding hydrogens is 258 g/mol. The molecule has 2 rings (SSSR count). The van der Waals surface area contributed by atoms with E-state index in [0.29, 0.717) is 19.4 Å². The number of aromatic nitrogens is 2. The number of hydrogen-bond acceptors (Lipinski definition) is 4. The second-order valence-electron chi connectivity index (χ2n) is 4.92. The molecule has 2 heterocycles. The third-order valence-electron chi connectivity index (χ3n) is 3.62. The van der Waals surface area contributed by atoms with E-state index in [1.165, 1.54) is 13.3 Å². The van der Waals surface area contributed by atoms with E-state index in [4.69, 9.17) is 11.2 Å². The fourth-order valence-corrected chi connectivity index (χ4v) is 2.63. The zero-order valence-corrected chi connectivity index (χ0v) is 11.4. The van der Waals surface area contributed by atoms with Gasteiger partial charge in [0, 0.05) is 31.9 Å². The first-order chi connectivity index (χ1) is 9.63. The maximum Gasteiger partial charge on any atom is 0.314 e. The van der Waals surface area contributed by atoms with E-state index in [-0.39, 0.29) is 30.7 Å². The molecule has 0 spiro atoms. The minimum absolute atomic E-state index is 0.222. The third kappa shape index (κ3) is 2.52. The highest BCUT2D eigenvalue weighted by atomic mass is 16.5. The number of terminal acetylenes is 1. The Hall–Kier alpha value is -2.29. The first-order valence-electron chi connectivity index (χ1n) is 6.43. The van der Waals surface area contributed by atoms with Gasteiger partial charge in [0.1, 0.15) is 0 Å². The summed E-state index contributed by atoms with van der Waals surface area (Å²) >= 11 is 0. The molecule has 1 unspecified atom stereocenters. The molecule has 1 aromatic heterocycles. The summed E-state index contributed by atoms with van der Waals surface area (Å²) < 4.78 is 4.87. The van der Waals surface area contributed by atoms with Gasteiger partial charge in [-0.15, -0.1) is 12.3 Å². The van der Waals surface area contributed by atoms with Gasteiger partial charge in [0.25, 0.3) is 5.91 Å².